The molecule has 4 aromatic rings. The fourth-order valence-corrected chi connectivity index (χ4v) is 4.14. The van der Waals surface area contributed by atoms with E-state index in [9.17, 15) is 9.18 Å². The number of benzene rings is 1. The molecule has 142 valence electrons. The molecule has 1 aromatic carbocycles. The third kappa shape index (κ3) is 4.29. The Morgan fingerprint density at radius 1 is 1.11 bits per heavy atom. The van der Waals surface area contributed by atoms with Gasteiger partial charge in [-0.1, -0.05) is 24.3 Å². The summed E-state index contributed by atoms with van der Waals surface area (Å²) in [5, 5.41) is 9.62. The van der Waals surface area contributed by atoms with Gasteiger partial charge >= 0.3 is 6.03 Å². The van der Waals surface area contributed by atoms with Crippen LogP contribution in [0.25, 0.3) is 10.8 Å². The highest BCUT2D eigenvalue weighted by Gasteiger charge is 2.18. The molecule has 28 heavy (non-hydrogen) atoms. The SMILES string of the molecule is O=C(NCc1coc(-c2cccs2)n1)N[C@H](c1ccc(F)cc1)c1cccs1. The summed E-state index contributed by atoms with van der Waals surface area (Å²) in [7, 11) is 0. The maximum Gasteiger partial charge on any atom is 0.315 e. The molecule has 0 unspecified atom stereocenters. The van der Waals surface area contributed by atoms with Crippen LogP contribution in [0.3, 0.4) is 0 Å². The second kappa shape index (κ2) is 8.37. The Kier molecular flexibility index (Phi) is 5.50. The van der Waals surface area contributed by atoms with Gasteiger partial charge in [-0.05, 0) is 40.6 Å². The molecule has 4 rings (SSSR count). The van der Waals surface area contributed by atoms with Crippen molar-refractivity contribution < 1.29 is 13.6 Å². The van der Waals surface area contributed by atoms with E-state index in [0.29, 0.717) is 11.6 Å². The second-order valence-corrected chi connectivity index (χ2v) is 7.88. The Balaban J connectivity index is 1.41. The van der Waals surface area contributed by atoms with Crippen LogP contribution in [0.15, 0.2) is 70.0 Å². The number of carbonyl (C=O) groups is 1. The van der Waals surface area contributed by atoms with Gasteiger partial charge in [0.15, 0.2) is 0 Å². The molecule has 0 aliphatic heterocycles. The molecular weight excluding hydrogens is 397 g/mol. The number of hydrogen-bond acceptors (Lipinski definition) is 5. The maximum atomic E-state index is 13.3. The van der Waals surface area contributed by atoms with Crippen LogP contribution in [0.5, 0.6) is 0 Å². The lowest BCUT2D eigenvalue weighted by Crippen LogP contribution is -2.37. The van der Waals surface area contributed by atoms with E-state index in [1.54, 1.807) is 12.1 Å². The Labute approximate surface area is 168 Å². The van der Waals surface area contributed by atoms with Gasteiger partial charge in [-0.25, -0.2) is 14.2 Å². The third-order valence-electron chi connectivity index (χ3n) is 4.02. The van der Waals surface area contributed by atoms with Crippen molar-refractivity contribution in [3.8, 4) is 10.8 Å². The number of nitrogens with zero attached hydrogens (tertiary/aromatic N) is 1. The van der Waals surface area contributed by atoms with E-state index < -0.39 is 0 Å². The summed E-state index contributed by atoms with van der Waals surface area (Å²) in [6.45, 7) is 0.237. The van der Waals surface area contributed by atoms with E-state index in [-0.39, 0.29) is 24.4 Å². The largest absolute Gasteiger partial charge is 0.443 e. The lowest BCUT2D eigenvalue weighted by Gasteiger charge is -2.18. The van der Waals surface area contributed by atoms with Gasteiger partial charge in [0.05, 0.1) is 23.2 Å². The number of carbonyl (C=O) groups excluding carboxylic acids is 1. The summed E-state index contributed by atoms with van der Waals surface area (Å²) in [6.07, 6.45) is 1.53. The minimum Gasteiger partial charge on any atom is -0.443 e. The van der Waals surface area contributed by atoms with E-state index in [0.717, 1.165) is 15.3 Å². The number of oxazole rings is 1. The lowest BCUT2D eigenvalue weighted by molar-refractivity contribution is 0.238. The van der Waals surface area contributed by atoms with Crippen LogP contribution in [0.2, 0.25) is 0 Å². The molecule has 5 nitrogen and oxygen atoms in total. The average Bonchev–Trinajstić information content (AvgIpc) is 3.47. The zero-order valence-electron chi connectivity index (χ0n) is 14.6. The zero-order valence-corrected chi connectivity index (χ0v) is 16.2. The maximum absolute atomic E-state index is 13.3. The number of aromatic nitrogens is 1. The molecule has 0 saturated heterocycles. The Morgan fingerprint density at radius 3 is 2.61 bits per heavy atom. The lowest BCUT2D eigenvalue weighted by atomic mass is 10.1. The van der Waals surface area contributed by atoms with Gasteiger partial charge in [-0.3, -0.25) is 0 Å². The molecule has 0 aliphatic rings. The average molecular weight is 413 g/mol. The van der Waals surface area contributed by atoms with Crippen molar-refractivity contribution in [1.29, 1.82) is 0 Å². The molecule has 0 aliphatic carbocycles. The van der Waals surface area contributed by atoms with Gasteiger partial charge in [0.25, 0.3) is 0 Å². The van der Waals surface area contributed by atoms with Crippen molar-refractivity contribution in [2.75, 3.05) is 0 Å². The smallest absolute Gasteiger partial charge is 0.315 e. The summed E-state index contributed by atoms with van der Waals surface area (Å²) in [4.78, 5) is 18.7. The van der Waals surface area contributed by atoms with Gasteiger partial charge < -0.3 is 15.1 Å². The van der Waals surface area contributed by atoms with Gasteiger partial charge in [-0.15, -0.1) is 22.7 Å². The van der Waals surface area contributed by atoms with Crippen LogP contribution in [-0.2, 0) is 6.54 Å². The van der Waals surface area contributed by atoms with Crippen LogP contribution in [0, 0.1) is 5.82 Å². The molecular formula is C20H16FN3O2S2. The van der Waals surface area contributed by atoms with E-state index in [1.165, 1.54) is 41.1 Å². The fraction of sp³-hybridized carbons (Fsp3) is 0.100. The summed E-state index contributed by atoms with van der Waals surface area (Å²) in [6, 6.07) is 13.1. The highest BCUT2D eigenvalue weighted by molar-refractivity contribution is 7.13. The Bertz CT molecular complexity index is 1030. The fourth-order valence-electron chi connectivity index (χ4n) is 2.68. The van der Waals surface area contributed by atoms with Gasteiger partial charge in [0, 0.05) is 4.88 Å². The highest BCUT2D eigenvalue weighted by atomic mass is 32.1. The predicted molar refractivity (Wildman–Crippen MR) is 108 cm³/mol. The minimum atomic E-state index is -0.361. The molecule has 3 heterocycles. The van der Waals surface area contributed by atoms with Crippen LogP contribution in [-0.4, -0.2) is 11.0 Å². The molecule has 2 amide bonds. The van der Waals surface area contributed by atoms with Gasteiger partial charge in [-0.2, -0.15) is 0 Å². The van der Waals surface area contributed by atoms with Crippen LogP contribution < -0.4 is 10.6 Å². The molecule has 0 bridgehead atoms. The number of rotatable bonds is 6. The first kappa shape index (κ1) is 18.4. The number of urea groups is 1. The summed E-state index contributed by atoms with van der Waals surface area (Å²) in [5.74, 6) is 0.223. The number of hydrogen-bond donors (Lipinski definition) is 2. The van der Waals surface area contributed by atoms with Gasteiger partial charge in [0.1, 0.15) is 12.1 Å². The quantitative estimate of drug-likeness (QED) is 0.457. The molecule has 8 heteroatoms. The summed E-state index contributed by atoms with van der Waals surface area (Å²) < 4.78 is 18.7. The van der Waals surface area contributed by atoms with Crippen molar-refractivity contribution >= 4 is 28.7 Å². The molecule has 0 saturated carbocycles. The van der Waals surface area contributed by atoms with E-state index >= 15 is 0 Å². The first-order valence-electron chi connectivity index (χ1n) is 8.50. The topological polar surface area (TPSA) is 67.2 Å². The van der Waals surface area contributed by atoms with E-state index in [2.05, 4.69) is 15.6 Å². The second-order valence-electron chi connectivity index (χ2n) is 5.95. The third-order valence-corrected chi connectivity index (χ3v) is 5.82. The first-order chi connectivity index (χ1) is 13.7. The number of halogens is 1. The van der Waals surface area contributed by atoms with Crippen molar-refractivity contribution in [3.63, 3.8) is 0 Å². The summed E-state index contributed by atoms with van der Waals surface area (Å²) in [5.41, 5.74) is 1.44. The van der Waals surface area contributed by atoms with E-state index in [4.69, 9.17) is 4.42 Å². The standard InChI is InChI=1S/C20H16FN3O2S2/c21-14-7-5-13(6-8-14)18(16-3-1-9-27-16)24-20(25)22-11-15-12-26-19(23-15)17-4-2-10-28-17/h1-10,12,18H,11H2,(H2,22,24,25)/t18-/m1/s1. The molecule has 2 N–H and O–H groups in total. The summed E-state index contributed by atoms with van der Waals surface area (Å²) >= 11 is 3.06. The Hall–Kier alpha value is -2.97. The zero-order chi connectivity index (χ0) is 19.3. The Morgan fingerprint density at radius 2 is 1.89 bits per heavy atom. The highest BCUT2D eigenvalue weighted by Crippen LogP contribution is 2.26. The number of nitrogens with one attached hydrogen (secondary N) is 2. The van der Waals surface area contributed by atoms with Crippen molar-refractivity contribution in [1.82, 2.24) is 15.6 Å². The molecule has 0 radical (unpaired) electrons. The monoisotopic (exact) mass is 413 g/mol. The van der Waals surface area contributed by atoms with Crippen LogP contribution in [0.1, 0.15) is 22.2 Å². The molecule has 0 fully saturated rings. The van der Waals surface area contributed by atoms with Crippen molar-refractivity contribution in [2.24, 2.45) is 0 Å². The molecule has 0 spiro atoms. The normalized spacial score (nSPS) is 11.9. The number of thiophene rings is 2. The first-order valence-corrected chi connectivity index (χ1v) is 10.3. The molecule has 1 atom stereocenters. The predicted octanol–water partition coefficient (Wildman–Crippen LogP) is 5.19. The van der Waals surface area contributed by atoms with Gasteiger partial charge in [0.2, 0.25) is 5.89 Å². The van der Waals surface area contributed by atoms with Crippen molar-refractivity contribution in [3.05, 3.63) is 87.5 Å². The van der Waals surface area contributed by atoms with Crippen LogP contribution in [0.4, 0.5) is 9.18 Å². The number of amides is 2. The molecule has 3 aromatic heterocycles. The van der Waals surface area contributed by atoms with E-state index in [1.807, 2.05) is 35.0 Å². The van der Waals surface area contributed by atoms with Crippen LogP contribution >= 0.6 is 22.7 Å². The minimum absolute atomic E-state index is 0.237. The van der Waals surface area contributed by atoms with Crippen molar-refractivity contribution in [2.45, 2.75) is 12.6 Å².